The Morgan fingerprint density at radius 1 is 1.05 bits per heavy atom. The molecule has 108 valence electrons. The maximum atomic E-state index is 13.5. The van der Waals surface area contributed by atoms with Crippen LogP contribution in [0.4, 0.5) is 4.39 Å². The maximum Gasteiger partial charge on any atom is 0.161 e. The van der Waals surface area contributed by atoms with Crippen LogP contribution in [-0.2, 0) is 6.61 Å². The summed E-state index contributed by atoms with van der Waals surface area (Å²) < 4.78 is 29.3. The largest absolute Gasteiger partial charge is 0.493 e. The van der Waals surface area contributed by atoms with Crippen LogP contribution in [0.1, 0.15) is 11.1 Å². The number of methoxy groups -OCH3 is 2. The number of nitrogens with zero attached hydrogens (tertiary/aromatic N) is 1. The smallest absolute Gasteiger partial charge is 0.161 e. The van der Waals surface area contributed by atoms with E-state index in [4.69, 9.17) is 19.5 Å². The Morgan fingerprint density at radius 2 is 1.81 bits per heavy atom. The molecule has 2 rings (SSSR count). The SMILES string of the molecule is COc1ccc(COc2ccc(C#N)c(F)c2)cc1OC. The molecule has 2 aromatic rings. The molecule has 5 heteroatoms. The minimum absolute atomic E-state index is 0.00605. The summed E-state index contributed by atoms with van der Waals surface area (Å²) in [5, 5.41) is 8.67. The molecule has 0 fully saturated rings. The fourth-order valence-corrected chi connectivity index (χ4v) is 1.81. The van der Waals surface area contributed by atoms with E-state index in [2.05, 4.69) is 0 Å². The van der Waals surface area contributed by atoms with Crippen molar-refractivity contribution < 1.29 is 18.6 Å². The van der Waals surface area contributed by atoms with Crippen LogP contribution in [0.5, 0.6) is 17.2 Å². The van der Waals surface area contributed by atoms with E-state index in [1.165, 1.54) is 12.1 Å². The van der Waals surface area contributed by atoms with Crippen LogP contribution in [0.15, 0.2) is 36.4 Å². The Morgan fingerprint density at radius 3 is 2.43 bits per heavy atom. The quantitative estimate of drug-likeness (QED) is 0.846. The average Bonchev–Trinajstić information content (AvgIpc) is 2.52. The van der Waals surface area contributed by atoms with Gasteiger partial charge < -0.3 is 14.2 Å². The number of nitriles is 1. The van der Waals surface area contributed by atoms with Crippen LogP contribution in [-0.4, -0.2) is 14.2 Å². The summed E-state index contributed by atoms with van der Waals surface area (Å²) in [5.41, 5.74) is 0.853. The summed E-state index contributed by atoms with van der Waals surface area (Å²) in [6.07, 6.45) is 0. The normalized spacial score (nSPS) is 9.81. The number of hydrogen-bond acceptors (Lipinski definition) is 4. The molecule has 0 amide bonds. The van der Waals surface area contributed by atoms with Crippen molar-refractivity contribution in [1.82, 2.24) is 0 Å². The lowest BCUT2D eigenvalue weighted by Gasteiger charge is -2.11. The van der Waals surface area contributed by atoms with Gasteiger partial charge in [-0.25, -0.2) is 4.39 Å². The Balaban J connectivity index is 2.09. The van der Waals surface area contributed by atoms with Crippen molar-refractivity contribution in [2.45, 2.75) is 6.61 Å². The van der Waals surface area contributed by atoms with Crippen LogP contribution in [0, 0.1) is 17.1 Å². The molecule has 4 nitrogen and oxygen atoms in total. The van der Waals surface area contributed by atoms with E-state index in [1.807, 2.05) is 6.07 Å². The molecule has 0 spiro atoms. The van der Waals surface area contributed by atoms with Gasteiger partial charge in [0.05, 0.1) is 19.8 Å². The lowest BCUT2D eigenvalue weighted by molar-refractivity contribution is 0.302. The zero-order valence-electron chi connectivity index (χ0n) is 11.7. The summed E-state index contributed by atoms with van der Waals surface area (Å²) in [5.74, 6) is 0.999. The van der Waals surface area contributed by atoms with Crippen LogP contribution >= 0.6 is 0 Å². The van der Waals surface area contributed by atoms with E-state index in [1.54, 1.807) is 38.5 Å². The molecular weight excluding hydrogens is 273 g/mol. The van der Waals surface area contributed by atoms with Gasteiger partial charge in [-0.3, -0.25) is 0 Å². The minimum Gasteiger partial charge on any atom is -0.493 e. The first-order valence-electron chi connectivity index (χ1n) is 6.21. The molecule has 0 saturated carbocycles. The molecule has 0 saturated heterocycles. The topological polar surface area (TPSA) is 51.5 Å². The third-order valence-electron chi connectivity index (χ3n) is 2.91. The molecule has 0 unspecified atom stereocenters. The third-order valence-corrected chi connectivity index (χ3v) is 2.91. The molecule has 0 N–H and O–H groups in total. The van der Waals surface area contributed by atoms with Gasteiger partial charge in [0.25, 0.3) is 0 Å². The van der Waals surface area contributed by atoms with Crippen LogP contribution in [0.2, 0.25) is 0 Å². The number of ether oxygens (including phenoxy) is 3. The minimum atomic E-state index is -0.595. The van der Waals surface area contributed by atoms with Crippen molar-refractivity contribution in [3.63, 3.8) is 0 Å². The highest BCUT2D eigenvalue weighted by Gasteiger charge is 2.06. The van der Waals surface area contributed by atoms with Crippen molar-refractivity contribution >= 4 is 0 Å². The second kappa shape index (κ2) is 6.62. The van der Waals surface area contributed by atoms with Gasteiger partial charge in [-0.05, 0) is 29.8 Å². The van der Waals surface area contributed by atoms with Crippen molar-refractivity contribution in [2.24, 2.45) is 0 Å². The van der Waals surface area contributed by atoms with E-state index in [9.17, 15) is 4.39 Å². The fraction of sp³-hybridized carbons (Fsp3) is 0.188. The molecule has 0 atom stereocenters. The average molecular weight is 287 g/mol. The van der Waals surface area contributed by atoms with Gasteiger partial charge in [0.2, 0.25) is 0 Å². The molecule has 21 heavy (non-hydrogen) atoms. The summed E-state index contributed by atoms with van der Waals surface area (Å²) in [4.78, 5) is 0. The second-order valence-electron chi connectivity index (χ2n) is 4.23. The van der Waals surface area contributed by atoms with Gasteiger partial charge in [-0.15, -0.1) is 0 Å². The molecule has 0 radical (unpaired) electrons. The lowest BCUT2D eigenvalue weighted by Crippen LogP contribution is -1.98. The second-order valence-corrected chi connectivity index (χ2v) is 4.23. The molecule has 0 bridgehead atoms. The van der Waals surface area contributed by atoms with Gasteiger partial charge in [-0.1, -0.05) is 6.07 Å². The Hall–Kier alpha value is -2.74. The first kappa shape index (κ1) is 14.7. The van der Waals surface area contributed by atoms with Crippen molar-refractivity contribution in [2.75, 3.05) is 14.2 Å². The fourth-order valence-electron chi connectivity index (χ4n) is 1.81. The van der Waals surface area contributed by atoms with E-state index in [0.717, 1.165) is 5.56 Å². The van der Waals surface area contributed by atoms with E-state index in [-0.39, 0.29) is 12.2 Å². The first-order valence-corrected chi connectivity index (χ1v) is 6.21. The van der Waals surface area contributed by atoms with Gasteiger partial charge >= 0.3 is 0 Å². The molecule has 0 aliphatic heterocycles. The van der Waals surface area contributed by atoms with Crippen molar-refractivity contribution in [3.05, 3.63) is 53.3 Å². The van der Waals surface area contributed by atoms with Crippen LogP contribution < -0.4 is 14.2 Å². The molecule has 0 aliphatic rings. The van der Waals surface area contributed by atoms with Gasteiger partial charge in [0, 0.05) is 6.07 Å². The standard InChI is InChI=1S/C16H14FNO3/c1-19-15-6-3-11(7-16(15)20-2)10-21-13-5-4-12(9-18)14(17)8-13/h3-8H,10H2,1-2H3. The van der Waals surface area contributed by atoms with Crippen LogP contribution in [0.25, 0.3) is 0 Å². The zero-order chi connectivity index (χ0) is 15.2. The highest BCUT2D eigenvalue weighted by molar-refractivity contribution is 5.43. The predicted molar refractivity (Wildman–Crippen MR) is 75.0 cm³/mol. The molecule has 0 aliphatic carbocycles. The summed E-state index contributed by atoms with van der Waals surface area (Å²) in [6, 6.07) is 11.3. The molecule has 2 aromatic carbocycles. The lowest BCUT2D eigenvalue weighted by atomic mass is 10.2. The van der Waals surface area contributed by atoms with E-state index >= 15 is 0 Å². The van der Waals surface area contributed by atoms with E-state index < -0.39 is 5.82 Å². The van der Waals surface area contributed by atoms with E-state index in [0.29, 0.717) is 17.2 Å². The highest BCUT2D eigenvalue weighted by Crippen LogP contribution is 2.28. The number of rotatable bonds is 5. The summed E-state index contributed by atoms with van der Waals surface area (Å²) in [7, 11) is 3.12. The highest BCUT2D eigenvalue weighted by atomic mass is 19.1. The number of benzene rings is 2. The predicted octanol–water partition coefficient (Wildman–Crippen LogP) is 3.29. The Bertz CT molecular complexity index is 680. The Labute approximate surface area is 122 Å². The summed E-state index contributed by atoms with van der Waals surface area (Å²) >= 11 is 0. The van der Waals surface area contributed by atoms with Gasteiger partial charge in [0.1, 0.15) is 24.2 Å². The Kier molecular flexibility index (Phi) is 4.62. The molecule has 0 aromatic heterocycles. The molecular formula is C16H14FNO3. The number of hydrogen-bond donors (Lipinski definition) is 0. The third kappa shape index (κ3) is 3.42. The molecule has 0 heterocycles. The van der Waals surface area contributed by atoms with Gasteiger partial charge in [-0.2, -0.15) is 5.26 Å². The zero-order valence-corrected chi connectivity index (χ0v) is 11.7. The number of halogens is 1. The monoisotopic (exact) mass is 287 g/mol. The van der Waals surface area contributed by atoms with Gasteiger partial charge in [0.15, 0.2) is 11.5 Å². The maximum absolute atomic E-state index is 13.5. The van der Waals surface area contributed by atoms with Crippen molar-refractivity contribution in [1.29, 1.82) is 5.26 Å². The first-order chi connectivity index (χ1) is 10.2. The van der Waals surface area contributed by atoms with Crippen molar-refractivity contribution in [3.8, 4) is 23.3 Å². The van der Waals surface area contributed by atoms with Crippen LogP contribution in [0.3, 0.4) is 0 Å². The summed E-state index contributed by atoms with van der Waals surface area (Å²) in [6.45, 7) is 0.256.